The van der Waals surface area contributed by atoms with E-state index in [9.17, 15) is 30.3 Å². The summed E-state index contributed by atoms with van der Waals surface area (Å²) in [5, 5.41) is 56.5. The van der Waals surface area contributed by atoms with Crippen LogP contribution in [0.25, 0.3) is 22.3 Å². The first-order valence-corrected chi connectivity index (χ1v) is 12.2. The van der Waals surface area contributed by atoms with Crippen LogP contribution in [0.15, 0.2) is 115 Å². The number of H-pyrrole nitrogens is 2. The highest BCUT2D eigenvalue weighted by Gasteiger charge is 2.20. The Kier molecular flexibility index (Phi) is 7.44. The van der Waals surface area contributed by atoms with E-state index in [4.69, 9.17) is 0 Å². The number of nitrogens with zero attached hydrogens (tertiary/aromatic N) is 6. The van der Waals surface area contributed by atoms with E-state index in [1.807, 2.05) is 12.1 Å². The molecule has 202 valence electrons. The summed E-state index contributed by atoms with van der Waals surface area (Å²) in [6.45, 7) is 0. The Labute approximate surface area is 236 Å². The van der Waals surface area contributed by atoms with Crippen molar-refractivity contribution in [2.75, 3.05) is 0 Å². The molecule has 0 saturated heterocycles. The Morgan fingerprint density at radius 1 is 0.548 bits per heavy atom. The molecule has 0 saturated carbocycles. The van der Waals surface area contributed by atoms with E-state index in [1.54, 1.807) is 84.9 Å². The number of aromatic hydroxyl groups is 2. The summed E-state index contributed by atoms with van der Waals surface area (Å²) in [7, 11) is 0. The third kappa shape index (κ3) is 5.27. The molecule has 12 nitrogen and oxygen atoms in total. The molecule has 0 amide bonds. The largest absolute Gasteiger partial charge is 0.493 e. The van der Waals surface area contributed by atoms with Gasteiger partial charge in [0.05, 0.1) is 11.4 Å². The number of hydrogen-bond acceptors (Lipinski definition) is 10. The number of nitrogens with one attached hydrogen (secondary N) is 2. The second kappa shape index (κ2) is 11.6. The quantitative estimate of drug-likeness (QED) is 0.175. The molecule has 0 aliphatic carbocycles. The standard InChI is InChI=1S/C30H18N8O4/c31-15-21-23(17-7-3-1-4-8-17)25(29(41)33-27(21)39)37-35-19-11-13-20(14-12-19)36-38-26-24(18-9-5-2-6-10-18)22(16-32)28(40)34-30(26)42/h1-14H,(H2,33,39,41)(H2,34,40,42). The summed E-state index contributed by atoms with van der Waals surface area (Å²) < 4.78 is 0. The van der Waals surface area contributed by atoms with Crippen molar-refractivity contribution in [2.45, 2.75) is 0 Å². The summed E-state index contributed by atoms with van der Waals surface area (Å²) in [6, 6.07) is 27.1. The van der Waals surface area contributed by atoms with Gasteiger partial charge in [-0.25, -0.2) is 0 Å². The van der Waals surface area contributed by atoms with Crippen LogP contribution in [-0.4, -0.2) is 20.2 Å². The van der Waals surface area contributed by atoms with Gasteiger partial charge in [0.1, 0.15) is 23.3 Å². The minimum atomic E-state index is -0.756. The van der Waals surface area contributed by atoms with Gasteiger partial charge in [-0.15, -0.1) is 10.2 Å². The molecule has 0 unspecified atom stereocenters. The van der Waals surface area contributed by atoms with Gasteiger partial charge in [-0.3, -0.25) is 19.6 Å². The fraction of sp³-hybridized carbons (Fsp3) is 0. The van der Waals surface area contributed by atoms with Gasteiger partial charge >= 0.3 is 0 Å². The zero-order valence-corrected chi connectivity index (χ0v) is 21.5. The zero-order chi connectivity index (χ0) is 29.6. The molecule has 2 aromatic heterocycles. The summed E-state index contributed by atoms with van der Waals surface area (Å²) in [4.78, 5) is 29.0. The lowest BCUT2D eigenvalue weighted by Gasteiger charge is -2.09. The molecule has 0 atom stereocenters. The second-order valence-corrected chi connectivity index (χ2v) is 8.67. The van der Waals surface area contributed by atoms with Gasteiger partial charge < -0.3 is 10.2 Å². The summed E-state index contributed by atoms with van der Waals surface area (Å²) in [5.74, 6) is -1.09. The molecule has 4 N–H and O–H groups in total. The van der Waals surface area contributed by atoms with Crippen molar-refractivity contribution in [1.29, 1.82) is 10.5 Å². The predicted octanol–water partition coefficient (Wildman–Crippen LogP) is 6.38. The van der Waals surface area contributed by atoms with E-state index in [0.29, 0.717) is 22.5 Å². The Hall–Kier alpha value is -6.66. The van der Waals surface area contributed by atoms with Gasteiger partial charge in [0, 0.05) is 11.1 Å². The molecule has 2 heterocycles. The highest BCUT2D eigenvalue weighted by Crippen LogP contribution is 2.39. The van der Waals surface area contributed by atoms with E-state index in [0.717, 1.165) is 0 Å². The molecule has 0 radical (unpaired) electrons. The van der Waals surface area contributed by atoms with Crippen molar-refractivity contribution in [3.05, 3.63) is 117 Å². The Morgan fingerprint density at radius 2 is 0.905 bits per heavy atom. The van der Waals surface area contributed by atoms with Gasteiger partial charge in [-0.1, -0.05) is 60.7 Å². The van der Waals surface area contributed by atoms with Crippen LogP contribution >= 0.6 is 0 Å². The minimum absolute atomic E-state index is 0.0867. The lowest BCUT2D eigenvalue weighted by molar-refractivity contribution is 0.452. The topological polar surface area (TPSA) is 203 Å². The average molecular weight is 555 g/mol. The first kappa shape index (κ1) is 26.9. The van der Waals surface area contributed by atoms with E-state index >= 15 is 0 Å². The van der Waals surface area contributed by atoms with Gasteiger partial charge in [-0.2, -0.15) is 20.8 Å². The summed E-state index contributed by atoms with van der Waals surface area (Å²) in [6.07, 6.45) is 0. The number of pyridine rings is 2. The number of rotatable bonds is 6. The molecule has 0 bridgehead atoms. The predicted molar refractivity (Wildman–Crippen MR) is 153 cm³/mol. The number of nitriles is 2. The van der Waals surface area contributed by atoms with Crippen molar-refractivity contribution in [2.24, 2.45) is 20.5 Å². The van der Waals surface area contributed by atoms with Crippen LogP contribution in [-0.2, 0) is 0 Å². The highest BCUT2D eigenvalue weighted by molar-refractivity contribution is 5.84. The average Bonchev–Trinajstić information content (AvgIpc) is 3.01. The number of hydrogen-bond donors (Lipinski definition) is 4. The molecule has 0 aliphatic rings. The number of benzene rings is 3. The minimum Gasteiger partial charge on any atom is -0.493 e. The Bertz CT molecular complexity index is 1900. The molecular formula is C30H18N8O4. The Balaban J connectivity index is 1.48. The fourth-order valence-corrected chi connectivity index (χ4v) is 4.14. The Morgan fingerprint density at radius 3 is 1.24 bits per heavy atom. The molecule has 0 spiro atoms. The number of azo groups is 2. The number of aromatic nitrogens is 2. The van der Waals surface area contributed by atoms with Crippen molar-refractivity contribution >= 4 is 22.7 Å². The van der Waals surface area contributed by atoms with Crippen LogP contribution in [0.1, 0.15) is 11.1 Å². The molecular weight excluding hydrogens is 536 g/mol. The third-order valence-corrected chi connectivity index (χ3v) is 6.07. The summed E-state index contributed by atoms with van der Waals surface area (Å²) >= 11 is 0. The third-order valence-electron chi connectivity index (χ3n) is 6.07. The maximum Gasteiger partial charge on any atom is 0.269 e. The molecule has 3 aromatic carbocycles. The van der Waals surface area contributed by atoms with Crippen molar-refractivity contribution in [3.8, 4) is 46.2 Å². The van der Waals surface area contributed by atoms with E-state index in [-0.39, 0.29) is 33.6 Å². The SMILES string of the molecule is N#Cc1c(-c2ccccc2)c(N=Nc2ccc(N=Nc3c(O)[nH]c(=O)c(C#N)c3-c3ccccc3)cc2)c(O)[nH]c1=O. The van der Waals surface area contributed by atoms with Gasteiger partial charge in [0.25, 0.3) is 11.1 Å². The van der Waals surface area contributed by atoms with E-state index in [1.165, 1.54) is 0 Å². The van der Waals surface area contributed by atoms with E-state index < -0.39 is 22.9 Å². The van der Waals surface area contributed by atoms with Crippen LogP contribution < -0.4 is 11.1 Å². The van der Waals surface area contributed by atoms with Gasteiger partial charge in [0.15, 0.2) is 11.4 Å². The van der Waals surface area contributed by atoms with Gasteiger partial charge in [-0.05, 0) is 35.4 Å². The molecule has 0 fully saturated rings. The lowest BCUT2D eigenvalue weighted by Crippen LogP contribution is -2.11. The van der Waals surface area contributed by atoms with Crippen LogP contribution in [0.2, 0.25) is 0 Å². The second-order valence-electron chi connectivity index (χ2n) is 8.67. The summed E-state index contributed by atoms with van der Waals surface area (Å²) in [5.41, 5.74) is -0.149. The maximum atomic E-state index is 12.3. The van der Waals surface area contributed by atoms with Crippen molar-refractivity contribution < 1.29 is 10.2 Å². The first-order chi connectivity index (χ1) is 20.4. The molecule has 5 aromatic rings. The van der Waals surface area contributed by atoms with Crippen LogP contribution in [0.3, 0.4) is 0 Å². The smallest absolute Gasteiger partial charge is 0.269 e. The maximum absolute atomic E-state index is 12.3. The monoisotopic (exact) mass is 554 g/mol. The first-order valence-electron chi connectivity index (χ1n) is 12.2. The zero-order valence-electron chi connectivity index (χ0n) is 21.5. The molecule has 5 rings (SSSR count). The fourth-order valence-electron chi connectivity index (χ4n) is 4.14. The van der Waals surface area contributed by atoms with Gasteiger partial charge in [0.2, 0.25) is 11.8 Å². The lowest BCUT2D eigenvalue weighted by atomic mass is 10.0. The van der Waals surface area contributed by atoms with Crippen LogP contribution in [0.5, 0.6) is 11.8 Å². The number of aromatic amines is 2. The van der Waals surface area contributed by atoms with Crippen LogP contribution in [0.4, 0.5) is 22.7 Å². The molecule has 42 heavy (non-hydrogen) atoms. The normalized spacial score (nSPS) is 11.0. The highest BCUT2D eigenvalue weighted by atomic mass is 16.3. The molecule has 12 heteroatoms. The van der Waals surface area contributed by atoms with Crippen molar-refractivity contribution in [3.63, 3.8) is 0 Å². The van der Waals surface area contributed by atoms with Crippen LogP contribution in [0, 0.1) is 22.7 Å². The van der Waals surface area contributed by atoms with E-state index in [2.05, 4.69) is 30.4 Å². The van der Waals surface area contributed by atoms with Crippen molar-refractivity contribution in [1.82, 2.24) is 9.97 Å². The molecule has 0 aliphatic heterocycles.